The molecule has 1 aliphatic rings. The highest BCUT2D eigenvalue weighted by molar-refractivity contribution is 5.94. The highest BCUT2D eigenvalue weighted by atomic mass is 19.4. The first-order valence-electron chi connectivity index (χ1n) is 9.82. The van der Waals surface area contributed by atoms with E-state index in [9.17, 15) is 27.2 Å². The first kappa shape index (κ1) is 21.7. The normalized spacial score (nSPS) is 13.9. The van der Waals surface area contributed by atoms with E-state index in [1.165, 1.54) is 23.1 Å². The van der Waals surface area contributed by atoms with Crippen molar-refractivity contribution in [2.45, 2.75) is 39.4 Å². The van der Waals surface area contributed by atoms with Crippen LogP contribution >= 0.6 is 0 Å². The molecule has 3 heterocycles. The second-order valence-corrected chi connectivity index (χ2v) is 7.74. The second-order valence-electron chi connectivity index (χ2n) is 7.74. The van der Waals surface area contributed by atoms with Gasteiger partial charge in [0.15, 0.2) is 5.69 Å². The van der Waals surface area contributed by atoms with Crippen LogP contribution in [0.5, 0.6) is 0 Å². The van der Waals surface area contributed by atoms with Crippen molar-refractivity contribution in [3.8, 4) is 0 Å². The Balaban J connectivity index is 1.58. The van der Waals surface area contributed by atoms with Gasteiger partial charge in [-0.05, 0) is 43.5 Å². The number of benzene rings is 1. The third-order valence-corrected chi connectivity index (χ3v) is 5.75. The number of hydrogen-bond acceptors (Lipinski definition) is 4. The predicted molar refractivity (Wildman–Crippen MR) is 106 cm³/mol. The molecule has 1 aliphatic heterocycles. The van der Waals surface area contributed by atoms with E-state index < -0.39 is 23.6 Å². The number of alkyl halides is 3. The zero-order valence-corrected chi connectivity index (χ0v) is 17.2. The molecule has 0 radical (unpaired) electrons. The summed E-state index contributed by atoms with van der Waals surface area (Å²) in [5, 5.41) is 12.1. The number of carbonyl (C=O) groups excluding carboxylic acids is 1. The van der Waals surface area contributed by atoms with Gasteiger partial charge in [0.25, 0.3) is 11.5 Å². The fourth-order valence-corrected chi connectivity index (χ4v) is 3.78. The number of rotatable bonds is 3. The molecule has 11 heteroatoms. The van der Waals surface area contributed by atoms with Crippen molar-refractivity contribution in [3.05, 3.63) is 79.3 Å². The number of halogens is 4. The number of amides is 1. The van der Waals surface area contributed by atoms with Crippen LogP contribution in [0.2, 0.25) is 0 Å². The Morgan fingerprint density at radius 1 is 1.16 bits per heavy atom. The van der Waals surface area contributed by atoms with E-state index in [1.54, 1.807) is 13.8 Å². The van der Waals surface area contributed by atoms with E-state index in [4.69, 9.17) is 0 Å². The van der Waals surface area contributed by atoms with Crippen LogP contribution in [0.4, 0.5) is 17.6 Å². The van der Waals surface area contributed by atoms with E-state index in [0.29, 0.717) is 22.4 Å². The number of hydrogen-bond donors (Lipinski definition) is 2. The van der Waals surface area contributed by atoms with Crippen LogP contribution in [-0.4, -0.2) is 37.7 Å². The van der Waals surface area contributed by atoms with Crippen LogP contribution in [0.15, 0.2) is 23.0 Å². The minimum Gasteiger partial charge on any atom is -0.332 e. The lowest BCUT2D eigenvalue weighted by Crippen LogP contribution is -2.36. The van der Waals surface area contributed by atoms with Crippen LogP contribution in [0.25, 0.3) is 0 Å². The van der Waals surface area contributed by atoms with Gasteiger partial charge in [-0.1, -0.05) is 6.07 Å². The topological polar surface area (TPSA) is 94.7 Å². The molecule has 7 nitrogen and oxygen atoms in total. The fraction of sp³-hybridized carbons (Fsp3) is 0.333. The molecule has 0 fully saturated rings. The maximum absolute atomic E-state index is 14.5. The van der Waals surface area contributed by atoms with E-state index in [2.05, 4.69) is 20.4 Å². The number of aromatic nitrogens is 4. The molecule has 2 aromatic heterocycles. The number of H-pyrrole nitrogens is 2. The molecule has 3 aromatic rings. The highest BCUT2D eigenvalue weighted by Gasteiger charge is 2.39. The largest absolute Gasteiger partial charge is 0.435 e. The molecular weight excluding hydrogens is 430 g/mol. The zero-order valence-electron chi connectivity index (χ0n) is 17.2. The molecular formula is C21H19F4N5O2. The standard InChI is InChI=1S/C21H19F4N5O2/c1-10-11(2)19(31)29-26-16(10)8-12-3-4-15(22)14(7-12)20(32)30-6-5-13-17(9-30)27-28-18(13)21(23,24)25/h3-4,7H,5-6,8-9H2,1-2H3,(H,27,28)(H,29,31). The van der Waals surface area contributed by atoms with Gasteiger partial charge in [-0.25, -0.2) is 9.49 Å². The maximum Gasteiger partial charge on any atom is 0.435 e. The van der Waals surface area contributed by atoms with Gasteiger partial charge in [0.1, 0.15) is 5.82 Å². The summed E-state index contributed by atoms with van der Waals surface area (Å²) in [4.78, 5) is 25.9. The van der Waals surface area contributed by atoms with Gasteiger partial charge >= 0.3 is 6.18 Å². The molecule has 168 valence electrons. The van der Waals surface area contributed by atoms with Crippen molar-refractivity contribution in [2.24, 2.45) is 0 Å². The molecule has 0 atom stereocenters. The fourth-order valence-electron chi connectivity index (χ4n) is 3.78. The molecule has 1 amide bonds. The first-order valence-corrected chi connectivity index (χ1v) is 9.82. The Kier molecular flexibility index (Phi) is 5.35. The summed E-state index contributed by atoms with van der Waals surface area (Å²) >= 11 is 0. The summed E-state index contributed by atoms with van der Waals surface area (Å²) in [6.45, 7) is 3.31. The summed E-state index contributed by atoms with van der Waals surface area (Å²) in [7, 11) is 0. The molecule has 1 aromatic carbocycles. The summed E-state index contributed by atoms with van der Waals surface area (Å²) in [5.74, 6) is -1.35. The summed E-state index contributed by atoms with van der Waals surface area (Å²) in [6, 6.07) is 4.10. The lowest BCUT2D eigenvalue weighted by molar-refractivity contribution is -0.141. The molecule has 0 bridgehead atoms. The van der Waals surface area contributed by atoms with E-state index >= 15 is 0 Å². The average Bonchev–Trinajstić information content (AvgIpc) is 3.19. The van der Waals surface area contributed by atoms with Crippen molar-refractivity contribution in [1.29, 1.82) is 0 Å². The van der Waals surface area contributed by atoms with Crippen LogP contribution in [-0.2, 0) is 25.6 Å². The van der Waals surface area contributed by atoms with E-state index in [-0.39, 0.29) is 48.3 Å². The molecule has 0 unspecified atom stereocenters. The monoisotopic (exact) mass is 449 g/mol. The van der Waals surface area contributed by atoms with Gasteiger partial charge in [-0.2, -0.15) is 23.4 Å². The predicted octanol–water partition coefficient (Wildman–Crippen LogP) is 3.06. The molecule has 0 spiro atoms. The lowest BCUT2D eigenvalue weighted by Gasteiger charge is -2.27. The van der Waals surface area contributed by atoms with Crippen molar-refractivity contribution in [3.63, 3.8) is 0 Å². The van der Waals surface area contributed by atoms with E-state index in [1.807, 2.05) is 0 Å². The second kappa shape index (κ2) is 7.88. The van der Waals surface area contributed by atoms with Crippen molar-refractivity contribution in [2.75, 3.05) is 6.54 Å². The van der Waals surface area contributed by atoms with Gasteiger partial charge < -0.3 is 4.90 Å². The number of carbonyl (C=O) groups is 1. The van der Waals surface area contributed by atoms with Crippen molar-refractivity contribution in [1.82, 2.24) is 25.3 Å². The number of fused-ring (bicyclic) bond motifs is 1. The van der Waals surface area contributed by atoms with Gasteiger partial charge in [-0.3, -0.25) is 14.7 Å². The Hall–Kier alpha value is -3.50. The third-order valence-electron chi connectivity index (χ3n) is 5.75. The maximum atomic E-state index is 14.5. The summed E-state index contributed by atoms with van der Waals surface area (Å²) in [5.41, 5.74) is 1.19. The van der Waals surface area contributed by atoms with Crippen LogP contribution in [0.1, 0.15) is 49.7 Å². The van der Waals surface area contributed by atoms with Crippen LogP contribution in [0, 0.1) is 19.7 Å². The Morgan fingerprint density at radius 3 is 2.62 bits per heavy atom. The smallest absolute Gasteiger partial charge is 0.332 e. The van der Waals surface area contributed by atoms with Crippen LogP contribution < -0.4 is 5.56 Å². The molecule has 0 aliphatic carbocycles. The Labute approximate surface area is 179 Å². The van der Waals surface area contributed by atoms with Gasteiger partial charge in [0, 0.05) is 24.1 Å². The van der Waals surface area contributed by atoms with Crippen LogP contribution in [0.3, 0.4) is 0 Å². The van der Waals surface area contributed by atoms with Crippen molar-refractivity contribution >= 4 is 5.91 Å². The average molecular weight is 449 g/mol. The summed E-state index contributed by atoms with van der Waals surface area (Å²) < 4.78 is 53.6. The number of nitrogens with zero attached hydrogens (tertiary/aromatic N) is 3. The van der Waals surface area contributed by atoms with Gasteiger partial charge in [-0.15, -0.1) is 0 Å². The lowest BCUT2D eigenvalue weighted by atomic mass is 10.00. The number of aromatic amines is 2. The third kappa shape index (κ3) is 3.90. The molecule has 0 saturated carbocycles. The zero-order chi connectivity index (χ0) is 23.2. The minimum absolute atomic E-state index is 0.0118. The molecule has 32 heavy (non-hydrogen) atoms. The Bertz CT molecular complexity index is 1260. The Morgan fingerprint density at radius 2 is 1.91 bits per heavy atom. The quantitative estimate of drug-likeness (QED) is 0.601. The highest BCUT2D eigenvalue weighted by Crippen LogP contribution is 2.34. The van der Waals surface area contributed by atoms with E-state index in [0.717, 1.165) is 0 Å². The SMILES string of the molecule is Cc1c(Cc2ccc(F)c(C(=O)N3CCc4c(C(F)(F)F)n[nH]c4C3)c2)n[nH]c(=O)c1C. The summed E-state index contributed by atoms with van der Waals surface area (Å²) in [6.07, 6.45) is -4.35. The van der Waals surface area contributed by atoms with Crippen molar-refractivity contribution < 1.29 is 22.4 Å². The molecule has 0 saturated heterocycles. The van der Waals surface area contributed by atoms with Gasteiger partial charge in [0.2, 0.25) is 0 Å². The number of nitrogens with one attached hydrogen (secondary N) is 2. The van der Waals surface area contributed by atoms with Gasteiger partial charge in [0.05, 0.1) is 23.5 Å². The molecule has 4 rings (SSSR count). The molecule has 2 N–H and O–H groups in total. The first-order chi connectivity index (χ1) is 15.1. The minimum atomic E-state index is -4.58.